The van der Waals surface area contributed by atoms with E-state index >= 15 is 0 Å². The molecule has 67 heavy (non-hydrogen) atoms. The van der Waals surface area contributed by atoms with E-state index in [1.807, 2.05) is 48.8 Å². The van der Waals surface area contributed by atoms with Gasteiger partial charge in [-0.3, -0.25) is 4.98 Å². The number of aromatic nitrogens is 2. The molecule has 0 aliphatic carbocycles. The second-order valence-corrected chi connectivity index (χ2v) is 19.0. The standard InChI is InChI=1S/C61H52N4O.Pt/c1-59(2,3)44-29-33-48(34-30-44)64(49-35-31-45(32-36-49)60(4,5)6)50-37-39-62-55(42-50)43-18-16-22-51(40-43)66-52-23-17-19-46(41-52)61(58-28-14-15-38-63-58)53-24-10-12-26-56(53)65(47-20-8-7-9-21-47)57-27-13-11-25-54(57)61;/h7-39,42H,1-6H3;/q-2;+2. The topological polar surface area (TPSA) is 41.5 Å². The normalized spacial score (nSPS) is 12.9. The second-order valence-electron chi connectivity index (χ2n) is 19.0. The van der Waals surface area contributed by atoms with E-state index in [0.717, 1.165) is 67.8 Å². The molecule has 6 heteroatoms. The third-order valence-electron chi connectivity index (χ3n) is 12.6. The molecule has 3 heterocycles. The Morgan fingerprint density at radius 1 is 0.493 bits per heavy atom. The Kier molecular flexibility index (Phi) is 12.3. The van der Waals surface area contributed by atoms with Gasteiger partial charge in [0.25, 0.3) is 0 Å². The molecule has 7 aromatic carbocycles. The largest absolute Gasteiger partial charge is 2.00 e. The van der Waals surface area contributed by atoms with Crippen LogP contribution in [0.1, 0.15) is 75.1 Å². The molecule has 10 rings (SSSR count). The summed E-state index contributed by atoms with van der Waals surface area (Å²) in [6, 6.07) is 75.4. The van der Waals surface area contributed by atoms with Crippen molar-refractivity contribution in [2.24, 2.45) is 0 Å². The fraction of sp³-hybridized carbons (Fsp3) is 0.148. The van der Waals surface area contributed by atoms with Gasteiger partial charge in [-0.25, -0.2) is 0 Å². The first kappa shape index (κ1) is 45.1. The number of hydrogen-bond acceptors (Lipinski definition) is 5. The van der Waals surface area contributed by atoms with Crippen molar-refractivity contribution in [3.8, 4) is 22.8 Å². The Morgan fingerprint density at radius 3 is 1.63 bits per heavy atom. The van der Waals surface area contributed by atoms with Crippen LogP contribution in [-0.4, -0.2) is 9.97 Å². The van der Waals surface area contributed by atoms with E-state index in [1.165, 1.54) is 11.1 Å². The van der Waals surface area contributed by atoms with Gasteiger partial charge in [0.05, 0.1) is 22.5 Å². The van der Waals surface area contributed by atoms with Crippen LogP contribution in [0.15, 0.2) is 207 Å². The first-order chi connectivity index (χ1) is 32.0. The fourth-order valence-electron chi connectivity index (χ4n) is 9.27. The third kappa shape index (κ3) is 8.61. The van der Waals surface area contributed by atoms with Crippen molar-refractivity contribution in [2.45, 2.75) is 57.8 Å². The quantitative estimate of drug-likeness (QED) is 0.135. The van der Waals surface area contributed by atoms with Crippen LogP contribution in [0.4, 0.5) is 34.1 Å². The molecule has 0 amide bonds. The molecular weight excluding hydrogens is 1000 g/mol. The summed E-state index contributed by atoms with van der Waals surface area (Å²) in [5.74, 6) is 1.13. The smallest absolute Gasteiger partial charge is 0.503 e. The second kappa shape index (κ2) is 18.3. The van der Waals surface area contributed by atoms with Crippen LogP contribution in [0.3, 0.4) is 0 Å². The van der Waals surface area contributed by atoms with Crippen molar-refractivity contribution in [3.05, 3.63) is 252 Å². The minimum absolute atomic E-state index is 0. The van der Waals surface area contributed by atoms with Gasteiger partial charge in [0.2, 0.25) is 0 Å². The van der Waals surface area contributed by atoms with E-state index in [1.54, 1.807) is 0 Å². The zero-order chi connectivity index (χ0) is 45.5. The number of nitrogens with zero attached hydrogens (tertiary/aromatic N) is 4. The number of pyridine rings is 2. The van der Waals surface area contributed by atoms with E-state index in [4.69, 9.17) is 14.7 Å². The van der Waals surface area contributed by atoms with Crippen molar-refractivity contribution in [3.63, 3.8) is 0 Å². The molecule has 1 aliphatic rings. The van der Waals surface area contributed by atoms with Crippen LogP contribution in [0.2, 0.25) is 0 Å². The maximum atomic E-state index is 6.73. The van der Waals surface area contributed by atoms with E-state index in [-0.39, 0.29) is 31.9 Å². The monoisotopic (exact) mass is 1050 g/mol. The Labute approximate surface area is 410 Å². The van der Waals surface area contributed by atoms with Crippen molar-refractivity contribution in [1.29, 1.82) is 0 Å². The average Bonchev–Trinajstić information content (AvgIpc) is 3.34. The molecule has 2 aromatic heterocycles. The summed E-state index contributed by atoms with van der Waals surface area (Å²) in [6.45, 7) is 13.5. The van der Waals surface area contributed by atoms with E-state index in [0.29, 0.717) is 11.5 Å². The number of benzene rings is 7. The Balaban J connectivity index is 0.00000562. The molecule has 0 N–H and O–H groups in total. The molecule has 0 saturated heterocycles. The summed E-state index contributed by atoms with van der Waals surface area (Å²) in [4.78, 5) is 14.6. The SMILES string of the molecule is CC(C)(C)c1ccc(N(c2ccc(C(C)(C)C)cc2)c2ccnc(-c3[c-]c(Oc4[c-]c(C5(c6ccccn6)c6ccccc6N(c6ccccc6)c6ccccc65)ccc4)ccc3)c2)cc1.[Pt+2]. The average molecular weight is 1050 g/mol. The maximum Gasteiger partial charge on any atom is 2.00 e. The molecule has 0 radical (unpaired) electrons. The van der Waals surface area contributed by atoms with Crippen LogP contribution in [0.25, 0.3) is 11.3 Å². The fourth-order valence-corrected chi connectivity index (χ4v) is 9.27. The first-order valence-electron chi connectivity index (χ1n) is 22.6. The number of fused-ring (bicyclic) bond motifs is 2. The summed E-state index contributed by atoms with van der Waals surface area (Å²) in [6.07, 6.45) is 3.75. The zero-order valence-electron chi connectivity index (χ0n) is 38.6. The van der Waals surface area contributed by atoms with Gasteiger partial charge in [0, 0.05) is 46.6 Å². The maximum absolute atomic E-state index is 6.73. The molecular formula is C61H52N4OPt. The number of anilines is 6. The van der Waals surface area contributed by atoms with Crippen LogP contribution < -0.4 is 14.5 Å². The van der Waals surface area contributed by atoms with Gasteiger partial charge in [-0.05, 0) is 106 Å². The predicted molar refractivity (Wildman–Crippen MR) is 270 cm³/mol. The minimum Gasteiger partial charge on any atom is -0.503 e. The van der Waals surface area contributed by atoms with Gasteiger partial charge < -0.3 is 19.5 Å². The molecule has 0 atom stereocenters. The molecule has 0 saturated carbocycles. The summed E-state index contributed by atoms with van der Waals surface area (Å²) in [7, 11) is 0. The van der Waals surface area contributed by atoms with Gasteiger partial charge in [-0.2, -0.15) is 12.1 Å². The van der Waals surface area contributed by atoms with Crippen LogP contribution in [-0.2, 0) is 37.3 Å². The predicted octanol–water partition coefficient (Wildman–Crippen LogP) is 15.8. The van der Waals surface area contributed by atoms with Crippen molar-refractivity contribution in [2.75, 3.05) is 9.80 Å². The molecule has 0 unspecified atom stereocenters. The number of hydrogen-bond donors (Lipinski definition) is 0. The molecule has 5 nitrogen and oxygen atoms in total. The summed E-state index contributed by atoms with van der Waals surface area (Å²) in [5.41, 5.74) is 13.8. The Bertz CT molecular complexity index is 3030. The van der Waals surface area contributed by atoms with E-state index in [9.17, 15) is 0 Å². The molecule has 0 bridgehead atoms. The number of para-hydroxylation sites is 3. The molecule has 9 aromatic rings. The first-order valence-corrected chi connectivity index (χ1v) is 22.6. The van der Waals surface area contributed by atoms with Gasteiger partial charge in [0.1, 0.15) is 0 Å². The van der Waals surface area contributed by atoms with Gasteiger partial charge in [-0.15, -0.1) is 41.5 Å². The number of rotatable bonds is 9. The Hall–Kier alpha value is -7.07. The van der Waals surface area contributed by atoms with Gasteiger partial charge >= 0.3 is 21.1 Å². The van der Waals surface area contributed by atoms with Crippen molar-refractivity contribution in [1.82, 2.24) is 9.97 Å². The summed E-state index contributed by atoms with van der Waals surface area (Å²) in [5, 5.41) is 0. The zero-order valence-corrected chi connectivity index (χ0v) is 40.9. The minimum atomic E-state index is -0.818. The van der Waals surface area contributed by atoms with Crippen molar-refractivity contribution < 1.29 is 25.8 Å². The third-order valence-corrected chi connectivity index (χ3v) is 12.6. The molecule has 1 aliphatic heterocycles. The summed E-state index contributed by atoms with van der Waals surface area (Å²) < 4.78 is 6.73. The summed E-state index contributed by atoms with van der Waals surface area (Å²) >= 11 is 0. The number of ether oxygens (including phenoxy) is 1. The van der Waals surface area contributed by atoms with E-state index < -0.39 is 5.41 Å². The van der Waals surface area contributed by atoms with E-state index in [2.05, 4.69) is 221 Å². The van der Waals surface area contributed by atoms with Crippen molar-refractivity contribution >= 4 is 34.1 Å². The molecule has 332 valence electrons. The van der Waals surface area contributed by atoms with Crippen LogP contribution in [0.5, 0.6) is 11.5 Å². The Morgan fingerprint density at radius 2 is 1.04 bits per heavy atom. The molecule has 0 fully saturated rings. The van der Waals surface area contributed by atoms with Gasteiger partial charge in [-0.1, -0.05) is 139 Å². The molecule has 0 spiro atoms. The van der Waals surface area contributed by atoms with Gasteiger partial charge in [0.15, 0.2) is 0 Å². The van der Waals surface area contributed by atoms with Crippen LogP contribution >= 0.6 is 0 Å². The van der Waals surface area contributed by atoms with Crippen LogP contribution in [0, 0.1) is 12.1 Å².